The standard InChI is InChI=1S/7C10H16.C6H6O/c1-7-4-5-8-6-9(7)10(8,2)3;6*1-8(2)10-6-4-9(3)5-7-10;7-6-4-2-1-3-5-6/h4,8-9H,5-6H2,1-3H3;4H,5-7H2,1-3H3;4,7-8H,5-6H2,1-3H3;4,6,8H,5,7H2,1-3H3;4-6,8,10H,7H2,1-3H3;4,6,8,10H,3,5,7H2,1-2H3;4,10H,1,5-7H2,2-3H3;1-5,7H. The molecule has 1 fully saturated rings. The van der Waals surface area contributed by atoms with Gasteiger partial charge in [0.25, 0.3) is 0 Å². The maximum absolute atomic E-state index is 8.63. The van der Waals surface area contributed by atoms with Crippen molar-refractivity contribution in [3.63, 3.8) is 0 Å². The van der Waals surface area contributed by atoms with Crippen LogP contribution in [0.4, 0.5) is 0 Å². The minimum Gasteiger partial charge on any atom is -0.508 e. The van der Waals surface area contributed by atoms with E-state index in [1.807, 2.05) is 6.07 Å². The molecule has 10 rings (SSSR count). The van der Waals surface area contributed by atoms with Gasteiger partial charge in [-0.05, 0) is 229 Å². The number of phenolic OH excluding ortho intramolecular Hbond substituents is 1. The Labute approximate surface area is 478 Å². The average molecular weight is 1050 g/mol. The lowest BCUT2D eigenvalue weighted by Gasteiger charge is -2.56. The molecule has 0 radical (unpaired) electrons. The van der Waals surface area contributed by atoms with Crippen LogP contribution in [0.15, 0.2) is 183 Å². The van der Waals surface area contributed by atoms with Gasteiger partial charge in [0.2, 0.25) is 0 Å². The van der Waals surface area contributed by atoms with Crippen LogP contribution in [0, 0.1) is 58.7 Å². The van der Waals surface area contributed by atoms with Gasteiger partial charge in [0, 0.05) is 0 Å². The zero-order valence-corrected chi connectivity index (χ0v) is 53.5. The van der Waals surface area contributed by atoms with Crippen LogP contribution in [-0.2, 0) is 0 Å². The number of para-hydroxylation sites is 1. The van der Waals surface area contributed by atoms with E-state index in [1.165, 1.54) is 130 Å². The third kappa shape index (κ3) is 27.4. The zero-order valence-electron chi connectivity index (χ0n) is 53.5. The Morgan fingerprint density at radius 2 is 1.18 bits per heavy atom. The summed E-state index contributed by atoms with van der Waals surface area (Å²) in [6.45, 7) is 50.8. The third-order valence-corrected chi connectivity index (χ3v) is 17.7. The van der Waals surface area contributed by atoms with Crippen LogP contribution >= 0.6 is 0 Å². The minimum absolute atomic E-state index is 0.322. The Kier molecular flexibility index (Phi) is 32.1. The maximum Gasteiger partial charge on any atom is 0.115 e. The first kappa shape index (κ1) is 68.7. The maximum atomic E-state index is 8.63. The molecule has 1 N–H and O–H groups in total. The highest BCUT2D eigenvalue weighted by atomic mass is 16.3. The van der Waals surface area contributed by atoms with E-state index < -0.39 is 0 Å². The van der Waals surface area contributed by atoms with Gasteiger partial charge in [-0.2, -0.15) is 0 Å². The van der Waals surface area contributed by atoms with Gasteiger partial charge in [-0.25, -0.2) is 0 Å². The normalized spacial score (nSPS) is 23.5. The summed E-state index contributed by atoms with van der Waals surface area (Å²) < 4.78 is 0. The van der Waals surface area contributed by atoms with Gasteiger partial charge in [-0.15, -0.1) is 0 Å². The summed E-state index contributed by atoms with van der Waals surface area (Å²) >= 11 is 0. The van der Waals surface area contributed by atoms with Crippen molar-refractivity contribution in [2.45, 2.75) is 228 Å². The Hall–Kier alpha value is -4.36. The number of rotatable bonds is 5. The Morgan fingerprint density at radius 3 is 1.56 bits per heavy atom. The molecule has 9 aliphatic rings. The first-order valence-electron chi connectivity index (χ1n) is 30.7. The van der Waals surface area contributed by atoms with Crippen molar-refractivity contribution < 1.29 is 5.11 Å². The van der Waals surface area contributed by atoms with Crippen molar-refractivity contribution in [1.29, 1.82) is 0 Å². The molecular formula is C76H118O. The van der Waals surface area contributed by atoms with Crippen molar-refractivity contribution in [3.8, 4) is 5.75 Å². The number of phenols is 1. The second kappa shape index (κ2) is 36.0. The second-order valence-electron chi connectivity index (χ2n) is 26.3. The second-order valence-corrected chi connectivity index (χ2v) is 26.3. The zero-order chi connectivity index (χ0) is 57.8. The summed E-state index contributed by atoms with van der Waals surface area (Å²) in [6.07, 6.45) is 46.8. The van der Waals surface area contributed by atoms with Gasteiger partial charge in [0.1, 0.15) is 5.75 Å². The van der Waals surface area contributed by atoms with Gasteiger partial charge in [-0.1, -0.05) is 240 Å². The van der Waals surface area contributed by atoms with Crippen LogP contribution in [0.3, 0.4) is 0 Å². The van der Waals surface area contributed by atoms with E-state index in [0.29, 0.717) is 11.2 Å². The third-order valence-electron chi connectivity index (χ3n) is 17.7. The number of fused-ring (bicyclic) bond motifs is 1. The van der Waals surface area contributed by atoms with Crippen LogP contribution in [-0.4, -0.2) is 5.11 Å². The monoisotopic (exact) mass is 1050 g/mol. The first-order chi connectivity index (χ1) is 36.2. The largest absolute Gasteiger partial charge is 0.508 e. The molecule has 1 saturated carbocycles. The molecule has 77 heavy (non-hydrogen) atoms. The Balaban J connectivity index is 0.000000302. The topological polar surface area (TPSA) is 20.2 Å². The minimum atomic E-state index is 0.322. The highest BCUT2D eigenvalue weighted by Gasteiger charge is 2.49. The number of allylic oxidation sites excluding steroid dienone is 24. The van der Waals surface area contributed by atoms with Crippen molar-refractivity contribution in [2.75, 3.05) is 0 Å². The molecule has 1 heteroatoms. The molecular weight excluding hydrogens is 929 g/mol. The fourth-order valence-corrected chi connectivity index (χ4v) is 10.8. The summed E-state index contributed by atoms with van der Waals surface area (Å²) in [5.74, 6) is 7.66. The lowest BCUT2D eigenvalue weighted by Crippen LogP contribution is -2.47. The van der Waals surface area contributed by atoms with E-state index in [-0.39, 0.29) is 0 Å². The summed E-state index contributed by atoms with van der Waals surface area (Å²) in [6, 6.07) is 8.71. The van der Waals surface area contributed by atoms with Gasteiger partial charge >= 0.3 is 0 Å². The molecule has 5 unspecified atom stereocenters. The fraction of sp³-hybridized carbons (Fsp3) is 0.579. The molecule has 0 saturated heterocycles. The number of benzene rings is 1. The average Bonchev–Trinajstić information content (AvgIpc) is 3.39. The van der Waals surface area contributed by atoms with Gasteiger partial charge in [-0.3, -0.25) is 0 Å². The molecule has 1 aromatic carbocycles. The van der Waals surface area contributed by atoms with Gasteiger partial charge < -0.3 is 5.11 Å². The summed E-state index contributed by atoms with van der Waals surface area (Å²) in [7, 11) is 0. The van der Waals surface area contributed by atoms with Gasteiger partial charge in [0.05, 0.1) is 0 Å². The van der Waals surface area contributed by atoms with Crippen molar-refractivity contribution in [1.82, 2.24) is 0 Å². The molecule has 0 heterocycles. The molecule has 5 atom stereocenters. The number of hydrogen-bond acceptors (Lipinski definition) is 1. The van der Waals surface area contributed by atoms with E-state index in [0.717, 1.165) is 53.3 Å². The summed E-state index contributed by atoms with van der Waals surface area (Å²) in [5.41, 5.74) is 18.9. The van der Waals surface area contributed by atoms with E-state index in [2.05, 4.69) is 218 Å². The van der Waals surface area contributed by atoms with Crippen molar-refractivity contribution in [3.05, 3.63) is 183 Å². The van der Waals surface area contributed by atoms with Crippen LogP contribution in [0.25, 0.3) is 0 Å². The van der Waals surface area contributed by atoms with Crippen molar-refractivity contribution >= 4 is 0 Å². The first-order valence-corrected chi connectivity index (χ1v) is 30.7. The molecule has 0 aromatic heterocycles. The summed E-state index contributed by atoms with van der Waals surface area (Å²) in [5, 5.41) is 8.63. The van der Waals surface area contributed by atoms with Crippen LogP contribution in [0.2, 0.25) is 0 Å². The fourth-order valence-electron chi connectivity index (χ4n) is 10.8. The van der Waals surface area contributed by atoms with E-state index >= 15 is 0 Å². The number of hydrogen-bond donors (Lipinski definition) is 1. The SMILES string of the molecule is C=C(C)C1CC=C(C)CC1.C=C1C=CC(C(C)C)CC1.CC1=CC=C(C(C)C)CC1.CC1=CCC(=C(C)C)CC1.CC1=CCC(C(C)C)=CC1.CC1=CCC(C(C)C)C=C1.CC1=CCC2CC1C2(C)C.Oc1ccccc1. The molecule has 1 aromatic rings. The van der Waals surface area contributed by atoms with Crippen LogP contribution in [0.5, 0.6) is 5.75 Å². The molecule has 0 spiro atoms. The number of aromatic hydroxyl groups is 1. The van der Waals surface area contributed by atoms with E-state index in [4.69, 9.17) is 5.11 Å². The highest BCUT2D eigenvalue weighted by molar-refractivity contribution is 5.26. The predicted molar refractivity (Wildman–Crippen MR) is 347 cm³/mol. The van der Waals surface area contributed by atoms with Gasteiger partial charge in [0.15, 0.2) is 0 Å². The molecule has 9 aliphatic carbocycles. The lowest BCUT2D eigenvalue weighted by molar-refractivity contribution is -0.00579. The molecule has 0 amide bonds. The Morgan fingerprint density at radius 1 is 0.571 bits per heavy atom. The van der Waals surface area contributed by atoms with E-state index in [9.17, 15) is 0 Å². The smallest absolute Gasteiger partial charge is 0.115 e. The molecule has 428 valence electrons. The molecule has 2 bridgehead atoms. The predicted octanol–water partition coefficient (Wildman–Crippen LogP) is 24.1. The highest BCUT2D eigenvalue weighted by Crippen LogP contribution is 2.59. The van der Waals surface area contributed by atoms with Crippen LogP contribution < -0.4 is 0 Å². The Bertz CT molecular complexity index is 2300. The van der Waals surface area contributed by atoms with E-state index in [1.54, 1.807) is 57.7 Å². The van der Waals surface area contributed by atoms with Crippen LogP contribution in [0.1, 0.15) is 228 Å². The summed E-state index contributed by atoms with van der Waals surface area (Å²) in [4.78, 5) is 0. The quantitative estimate of drug-likeness (QED) is 0.291. The lowest BCUT2D eigenvalue weighted by atomic mass is 9.49. The molecule has 0 aliphatic heterocycles. The van der Waals surface area contributed by atoms with Crippen molar-refractivity contribution in [2.24, 2.45) is 58.7 Å². The molecule has 1 nitrogen and oxygen atoms in total.